The summed E-state index contributed by atoms with van der Waals surface area (Å²) in [5, 5.41) is 2.04. The Balaban J connectivity index is 1.47. The van der Waals surface area contributed by atoms with Crippen LogP contribution < -0.4 is 16.0 Å². The van der Waals surface area contributed by atoms with Gasteiger partial charge in [-0.25, -0.2) is 23.1 Å². The van der Waals surface area contributed by atoms with Gasteiger partial charge in [0, 0.05) is 30.4 Å². The number of anilines is 3. The standard InChI is InChI=1S/C27H21ClF6N6O2/c28-17-3-1-2-16(21(17)30)26(27(32,33)34)11-40(19-5-4-12(35)7-36-19)25(42)15-8-37-23(22(31)20(15)26)38-13-9-39(10-13)24(41)14-6-18(14)29/h1-5,7-8,13-14,18H,6,9-11,35H2,(H,37,38)/t14-,18+,26+/m1/s1. The molecule has 15 heteroatoms. The molecule has 6 rings (SSSR count). The number of nitrogens with zero attached hydrogens (tertiary/aromatic N) is 4. The van der Waals surface area contributed by atoms with Gasteiger partial charge in [0.05, 0.1) is 41.0 Å². The van der Waals surface area contributed by atoms with Gasteiger partial charge in [0.2, 0.25) is 5.91 Å². The number of hydrogen-bond donors (Lipinski definition) is 2. The van der Waals surface area contributed by atoms with E-state index in [-0.39, 0.29) is 31.0 Å². The first kappa shape index (κ1) is 28.1. The molecule has 0 bridgehead atoms. The first-order valence-electron chi connectivity index (χ1n) is 12.8. The second-order valence-corrected chi connectivity index (χ2v) is 10.9. The quantitative estimate of drug-likeness (QED) is 0.413. The van der Waals surface area contributed by atoms with Gasteiger partial charge in [-0.05, 0) is 24.6 Å². The summed E-state index contributed by atoms with van der Waals surface area (Å²) in [6, 6.07) is 4.89. The van der Waals surface area contributed by atoms with Crippen LogP contribution in [0.4, 0.5) is 43.7 Å². The maximum atomic E-state index is 16.3. The molecule has 3 aromatic rings. The molecule has 8 nitrogen and oxygen atoms in total. The number of pyridine rings is 2. The molecule has 1 saturated heterocycles. The number of nitrogens with two attached hydrogens (primary N) is 1. The number of hydrogen-bond acceptors (Lipinski definition) is 6. The van der Waals surface area contributed by atoms with Gasteiger partial charge in [0.15, 0.2) is 11.6 Å². The van der Waals surface area contributed by atoms with Crippen LogP contribution in [0.25, 0.3) is 0 Å². The van der Waals surface area contributed by atoms with E-state index < -0.39 is 87.2 Å². The maximum Gasteiger partial charge on any atom is 0.404 e. The smallest absolute Gasteiger partial charge is 0.397 e. The zero-order valence-electron chi connectivity index (χ0n) is 21.4. The molecule has 0 radical (unpaired) electrons. The Kier molecular flexibility index (Phi) is 6.52. The van der Waals surface area contributed by atoms with Crippen molar-refractivity contribution in [2.24, 2.45) is 5.92 Å². The number of likely N-dealkylation sites (tertiary alicyclic amines) is 1. The first-order valence-corrected chi connectivity index (χ1v) is 13.1. The SMILES string of the molecule is Nc1ccc(N2C[C@@](c3cccc(Cl)c3F)(C(F)(F)F)c3c(cnc(NC4CN(C(=O)[C@@H]5C[C@@H]5F)C4)c3F)C2=O)nc1. The molecule has 2 aromatic heterocycles. The van der Waals surface area contributed by atoms with E-state index in [1.54, 1.807) is 0 Å². The van der Waals surface area contributed by atoms with Crippen LogP contribution in [0.3, 0.4) is 0 Å². The molecule has 3 aliphatic rings. The fraction of sp³-hybridized carbons (Fsp3) is 0.333. The highest BCUT2D eigenvalue weighted by molar-refractivity contribution is 6.30. The van der Waals surface area contributed by atoms with Crippen LogP contribution >= 0.6 is 11.6 Å². The molecule has 2 aliphatic heterocycles. The Labute approximate surface area is 239 Å². The normalized spacial score (nSPS) is 23.8. The number of rotatable bonds is 5. The summed E-state index contributed by atoms with van der Waals surface area (Å²) in [5.74, 6) is -5.96. The molecule has 1 aromatic carbocycles. The third kappa shape index (κ3) is 4.30. The summed E-state index contributed by atoms with van der Waals surface area (Å²) >= 11 is 5.89. The average Bonchev–Trinajstić information content (AvgIpc) is 3.65. The molecule has 2 fully saturated rings. The Hall–Kier alpha value is -4.07. The number of amides is 2. The number of alkyl halides is 4. The lowest BCUT2D eigenvalue weighted by Crippen LogP contribution is -2.59. The van der Waals surface area contributed by atoms with Crippen LogP contribution in [0.1, 0.15) is 27.9 Å². The highest BCUT2D eigenvalue weighted by atomic mass is 35.5. The Morgan fingerprint density at radius 1 is 1.10 bits per heavy atom. The van der Waals surface area contributed by atoms with Crippen LogP contribution in [0.15, 0.2) is 42.7 Å². The maximum absolute atomic E-state index is 16.3. The Bertz CT molecular complexity index is 1600. The predicted octanol–water partition coefficient (Wildman–Crippen LogP) is 4.48. The molecule has 3 N–H and O–H groups in total. The lowest BCUT2D eigenvalue weighted by Gasteiger charge is -2.45. The van der Waals surface area contributed by atoms with Crippen molar-refractivity contribution >= 4 is 40.7 Å². The number of carbonyl (C=O) groups is 2. The molecule has 0 spiro atoms. The van der Waals surface area contributed by atoms with Crippen LogP contribution in [-0.2, 0) is 10.2 Å². The topological polar surface area (TPSA) is 104 Å². The van der Waals surface area contributed by atoms with Crippen LogP contribution in [0.2, 0.25) is 5.02 Å². The van der Waals surface area contributed by atoms with E-state index >= 15 is 22.0 Å². The highest BCUT2D eigenvalue weighted by Gasteiger charge is 2.64. The van der Waals surface area contributed by atoms with Crippen molar-refractivity contribution < 1.29 is 35.9 Å². The number of nitrogens with one attached hydrogen (secondary N) is 1. The van der Waals surface area contributed by atoms with Crippen LogP contribution in [0.5, 0.6) is 0 Å². The predicted molar refractivity (Wildman–Crippen MR) is 140 cm³/mol. The van der Waals surface area contributed by atoms with Gasteiger partial charge in [0.25, 0.3) is 5.91 Å². The second kappa shape index (κ2) is 9.75. The van der Waals surface area contributed by atoms with Gasteiger partial charge in [0.1, 0.15) is 23.2 Å². The summed E-state index contributed by atoms with van der Waals surface area (Å²) in [6.07, 6.45) is -4.53. The summed E-state index contributed by atoms with van der Waals surface area (Å²) in [6.45, 7) is -1.18. The van der Waals surface area contributed by atoms with Crippen molar-refractivity contribution in [1.29, 1.82) is 0 Å². The van der Waals surface area contributed by atoms with Gasteiger partial charge in [-0.15, -0.1) is 0 Å². The number of nitrogen functional groups attached to an aromatic ring is 1. The number of benzene rings is 1. The minimum Gasteiger partial charge on any atom is -0.397 e. The lowest BCUT2D eigenvalue weighted by molar-refractivity contribution is -0.177. The highest BCUT2D eigenvalue weighted by Crippen LogP contribution is 2.53. The summed E-state index contributed by atoms with van der Waals surface area (Å²) in [5.41, 5.74) is -0.512. The molecule has 4 heterocycles. The molecule has 0 unspecified atom stereocenters. The average molecular weight is 611 g/mol. The Morgan fingerprint density at radius 3 is 2.43 bits per heavy atom. The molecular weight excluding hydrogens is 590 g/mol. The minimum absolute atomic E-state index is 0.0448. The van der Waals surface area contributed by atoms with Gasteiger partial charge in [-0.2, -0.15) is 13.2 Å². The largest absolute Gasteiger partial charge is 0.404 e. The van der Waals surface area contributed by atoms with E-state index in [4.69, 9.17) is 17.3 Å². The summed E-state index contributed by atoms with van der Waals surface area (Å²) in [7, 11) is 0. The number of fused-ring (bicyclic) bond motifs is 1. The van der Waals surface area contributed by atoms with Crippen molar-refractivity contribution in [3.63, 3.8) is 0 Å². The van der Waals surface area contributed by atoms with Gasteiger partial charge < -0.3 is 16.0 Å². The third-order valence-electron chi connectivity index (χ3n) is 7.82. The zero-order valence-corrected chi connectivity index (χ0v) is 22.2. The van der Waals surface area contributed by atoms with E-state index in [1.165, 1.54) is 17.0 Å². The van der Waals surface area contributed by atoms with Crippen LogP contribution in [0, 0.1) is 17.6 Å². The van der Waals surface area contributed by atoms with Crippen molar-refractivity contribution in [3.8, 4) is 0 Å². The van der Waals surface area contributed by atoms with Crippen molar-refractivity contribution in [3.05, 3.63) is 76.1 Å². The lowest BCUT2D eigenvalue weighted by atomic mass is 9.69. The van der Waals surface area contributed by atoms with E-state index in [2.05, 4.69) is 15.3 Å². The van der Waals surface area contributed by atoms with E-state index in [0.29, 0.717) is 4.90 Å². The van der Waals surface area contributed by atoms with E-state index in [1.807, 2.05) is 0 Å². The molecule has 2 amide bonds. The molecular formula is C27H21ClF6N6O2. The molecule has 42 heavy (non-hydrogen) atoms. The van der Waals surface area contributed by atoms with Crippen LogP contribution in [-0.4, -0.2) is 64.7 Å². The summed E-state index contributed by atoms with van der Waals surface area (Å²) in [4.78, 5) is 35.6. The number of aromatic nitrogens is 2. The van der Waals surface area contributed by atoms with Crippen molar-refractivity contribution in [2.45, 2.75) is 30.2 Å². The summed E-state index contributed by atoms with van der Waals surface area (Å²) < 4.78 is 91.2. The van der Waals surface area contributed by atoms with E-state index in [9.17, 15) is 14.0 Å². The van der Waals surface area contributed by atoms with Crippen molar-refractivity contribution in [1.82, 2.24) is 14.9 Å². The molecule has 1 saturated carbocycles. The van der Waals surface area contributed by atoms with Gasteiger partial charge in [-0.3, -0.25) is 14.5 Å². The van der Waals surface area contributed by atoms with Gasteiger partial charge in [-0.1, -0.05) is 23.7 Å². The fourth-order valence-electron chi connectivity index (χ4n) is 5.48. The second-order valence-electron chi connectivity index (χ2n) is 10.5. The van der Waals surface area contributed by atoms with Crippen molar-refractivity contribution in [2.75, 3.05) is 35.6 Å². The minimum atomic E-state index is -5.37. The zero-order chi connectivity index (χ0) is 30.1. The van der Waals surface area contributed by atoms with E-state index in [0.717, 1.165) is 30.6 Å². The Morgan fingerprint density at radius 2 is 1.81 bits per heavy atom. The number of halogens is 7. The number of carbonyl (C=O) groups excluding carboxylic acids is 2. The van der Waals surface area contributed by atoms with Gasteiger partial charge >= 0.3 is 6.18 Å². The third-order valence-corrected chi connectivity index (χ3v) is 8.12. The molecule has 220 valence electrons. The molecule has 3 atom stereocenters. The molecule has 1 aliphatic carbocycles. The fourth-order valence-corrected chi connectivity index (χ4v) is 5.65. The monoisotopic (exact) mass is 610 g/mol. The first-order chi connectivity index (χ1) is 19.8.